The van der Waals surface area contributed by atoms with Gasteiger partial charge < -0.3 is 4.42 Å². The second-order valence-electron chi connectivity index (χ2n) is 13.4. The largest absolute Gasteiger partial charge is 0.456 e. The Morgan fingerprint density at radius 3 is 1.45 bits per heavy atom. The first-order valence-corrected chi connectivity index (χ1v) is 17.9. The summed E-state index contributed by atoms with van der Waals surface area (Å²) in [6.07, 6.45) is 0. The number of hydrogen-bond acceptors (Lipinski definition) is 3. The van der Waals surface area contributed by atoms with Crippen LogP contribution >= 0.6 is 0 Å². The molecule has 0 aliphatic rings. The maximum absolute atomic E-state index is 6.72. The van der Waals surface area contributed by atoms with Crippen LogP contribution in [-0.4, -0.2) is 9.97 Å². The van der Waals surface area contributed by atoms with Crippen molar-refractivity contribution in [1.82, 2.24) is 9.97 Å². The van der Waals surface area contributed by atoms with Crippen LogP contribution in [0.1, 0.15) is 0 Å². The van der Waals surface area contributed by atoms with Crippen molar-refractivity contribution in [2.75, 3.05) is 0 Å². The van der Waals surface area contributed by atoms with E-state index in [-0.39, 0.29) is 0 Å². The van der Waals surface area contributed by atoms with Crippen LogP contribution in [0.2, 0.25) is 0 Å². The summed E-state index contributed by atoms with van der Waals surface area (Å²) in [6.45, 7) is 0. The Hall–Kier alpha value is -7.10. The van der Waals surface area contributed by atoms with E-state index in [9.17, 15) is 0 Å². The molecule has 2 heterocycles. The first kappa shape index (κ1) is 30.7. The van der Waals surface area contributed by atoms with Crippen molar-refractivity contribution in [3.05, 3.63) is 194 Å². The second kappa shape index (κ2) is 12.9. The van der Waals surface area contributed by atoms with E-state index in [0.29, 0.717) is 5.82 Å². The highest BCUT2D eigenvalue weighted by atomic mass is 16.3. The number of nitrogens with zero attached hydrogens (tertiary/aromatic N) is 2. The van der Waals surface area contributed by atoms with Gasteiger partial charge >= 0.3 is 0 Å². The van der Waals surface area contributed by atoms with Gasteiger partial charge in [0.1, 0.15) is 11.2 Å². The van der Waals surface area contributed by atoms with E-state index in [0.717, 1.165) is 88.8 Å². The summed E-state index contributed by atoms with van der Waals surface area (Å²) in [5, 5.41) is 4.53. The maximum atomic E-state index is 6.72. The molecule has 3 heteroatoms. The average molecular weight is 677 g/mol. The molecular weight excluding hydrogens is 645 g/mol. The van der Waals surface area contributed by atoms with E-state index in [1.54, 1.807) is 0 Å². The molecule has 0 N–H and O–H groups in total. The van der Waals surface area contributed by atoms with Crippen LogP contribution in [0.25, 0.3) is 100.0 Å². The average Bonchev–Trinajstić information content (AvgIpc) is 3.60. The number of fused-ring (bicyclic) bond motifs is 4. The maximum Gasteiger partial charge on any atom is 0.160 e. The fraction of sp³-hybridized carbons (Fsp3) is 0. The van der Waals surface area contributed by atoms with Crippen LogP contribution in [-0.2, 0) is 0 Å². The lowest BCUT2D eigenvalue weighted by atomic mass is 9.90. The summed E-state index contributed by atoms with van der Waals surface area (Å²) in [6, 6.07) is 68.1. The fourth-order valence-corrected chi connectivity index (χ4v) is 7.41. The van der Waals surface area contributed by atoms with Crippen molar-refractivity contribution >= 4 is 32.7 Å². The predicted octanol–water partition coefficient (Wildman–Crippen LogP) is 13.5. The van der Waals surface area contributed by atoms with Gasteiger partial charge in [-0.05, 0) is 92.7 Å². The lowest BCUT2D eigenvalue weighted by molar-refractivity contribution is 0.669. The number of furan rings is 1. The van der Waals surface area contributed by atoms with Crippen LogP contribution in [0.3, 0.4) is 0 Å². The highest BCUT2D eigenvalue weighted by Crippen LogP contribution is 2.43. The zero-order valence-electron chi connectivity index (χ0n) is 28.8. The molecule has 0 aliphatic heterocycles. The Bertz CT molecular complexity index is 2860. The Kier molecular flexibility index (Phi) is 7.47. The summed E-state index contributed by atoms with van der Waals surface area (Å²) in [5.74, 6) is 0.690. The van der Waals surface area contributed by atoms with E-state index in [4.69, 9.17) is 14.4 Å². The van der Waals surface area contributed by atoms with Crippen molar-refractivity contribution in [2.45, 2.75) is 0 Å². The van der Waals surface area contributed by atoms with Crippen molar-refractivity contribution in [2.24, 2.45) is 0 Å². The van der Waals surface area contributed by atoms with Crippen LogP contribution in [0.4, 0.5) is 0 Å². The van der Waals surface area contributed by atoms with Crippen molar-refractivity contribution in [3.63, 3.8) is 0 Å². The topological polar surface area (TPSA) is 38.9 Å². The van der Waals surface area contributed by atoms with Gasteiger partial charge in [-0.2, -0.15) is 0 Å². The number of aromatic nitrogens is 2. The summed E-state index contributed by atoms with van der Waals surface area (Å²) in [4.78, 5) is 10.3. The van der Waals surface area contributed by atoms with Gasteiger partial charge in [-0.25, -0.2) is 9.97 Å². The molecule has 2 aromatic heterocycles. The molecule has 0 bridgehead atoms. The minimum atomic E-state index is 0.690. The van der Waals surface area contributed by atoms with E-state index in [1.807, 2.05) is 24.3 Å². The standard InChI is InChI=1S/C50H32N2O/c1-5-15-33(16-6-1)39-25-41(27-42(26-39)46-32-45(35-19-9-3-10-20-35)51-50(52-46)36-21-11-4-12-22-36)43-29-40(34-17-7-2-8-18-34)31-48-49(43)44-28-37-23-13-14-24-38(37)30-47(44)53-48/h1-32H. The van der Waals surface area contributed by atoms with E-state index < -0.39 is 0 Å². The van der Waals surface area contributed by atoms with Crippen molar-refractivity contribution < 1.29 is 4.42 Å². The van der Waals surface area contributed by atoms with Crippen molar-refractivity contribution in [3.8, 4) is 67.3 Å². The molecular formula is C50H32N2O. The van der Waals surface area contributed by atoms with E-state index in [2.05, 4.69) is 170 Å². The van der Waals surface area contributed by atoms with Gasteiger partial charge in [0.15, 0.2) is 5.82 Å². The SMILES string of the molecule is c1ccc(-c2cc(-c3cc(-c4ccccc4)nc(-c4ccccc4)n3)cc(-c3cc(-c4ccccc4)cc4oc5cc6ccccc6cc5c34)c2)cc1. The number of hydrogen-bond donors (Lipinski definition) is 0. The minimum absolute atomic E-state index is 0.690. The molecule has 0 radical (unpaired) electrons. The van der Waals surface area contributed by atoms with Crippen LogP contribution in [0.15, 0.2) is 199 Å². The smallest absolute Gasteiger partial charge is 0.160 e. The van der Waals surface area contributed by atoms with Crippen LogP contribution in [0.5, 0.6) is 0 Å². The molecule has 0 unspecified atom stereocenters. The zero-order valence-corrected chi connectivity index (χ0v) is 28.8. The van der Waals surface area contributed by atoms with Crippen LogP contribution in [0, 0.1) is 0 Å². The highest BCUT2D eigenvalue weighted by Gasteiger charge is 2.19. The summed E-state index contributed by atoms with van der Waals surface area (Å²) in [5.41, 5.74) is 13.2. The summed E-state index contributed by atoms with van der Waals surface area (Å²) >= 11 is 0. The molecule has 10 rings (SSSR count). The molecule has 0 saturated heterocycles. The molecule has 0 spiro atoms. The molecule has 0 atom stereocenters. The molecule has 0 saturated carbocycles. The molecule has 248 valence electrons. The molecule has 53 heavy (non-hydrogen) atoms. The van der Waals surface area contributed by atoms with E-state index in [1.165, 1.54) is 5.39 Å². The lowest BCUT2D eigenvalue weighted by Crippen LogP contribution is -1.96. The molecule has 0 amide bonds. The highest BCUT2D eigenvalue weighted by molar-refractivity contribution is 6.17. The monoisotopic (exact) mass is 676 g/mol. The van der Waals surface area contributed by atoms with Crippen LogP contribution < -0.4 is 0 Å². The Morgan fingerprint density at radius 2 is 0.811 bits per heavy atom. The van der Waals surface area contributed by atoms with Crippen molar-refractivity contribution in [1.29, 1.82) is 0 Å². The first-order valence-electron chi connectivity index (χ1n) is 17.9. The minimum Gasteiger partial charge on any atom is -0.456 e. The predicted molar refractivity (Wildman–Crippen MR) is 219 cm³/mol. The van der Waals surface area contributed by atoms with Gasteiger partial charge in [0, 0.05) is 27.5 Å². The Balaban J connectivity index is 1.27. The van der Waals surface area contributed by atoms with Gasteiger partial charge in [0.2, 0.25) is 0 Å². The quantitative estimate of drug-likeness (QED) is 0.176. The zero-order chi connectivity index (χ0) is 35.1. The number of rotatable bonds is 6. The third-order valence-corrected chi connectivity index (χ3v) is 10.0. The molecule has 0 aliphatic carbocycles. The van der Waals surface area contributed by atoms with Gasteiger partial charge in [0.05, 0.1) is 11.4 Å². The second-order valence-corrected chi connectivity index (χ2v) is 13.4. The Morgan fingerprint density at radius 1 is 0.321 bits per heavy atom. The van der Waals surface area contributed by atoms with E-state index >= 15 is 0 Å². The first-order chi connectivity index (χ1) is 26.2. The van der Waals surface area contributed by atoms with Gasteiger partial charge in [-0.3, -0.25) is 0 Å². The fourth-order valence-electron chi connectivity index (χ4n) is 7.41. The lowest BCUT2D eigenvalue weighted by Gasteiger charge is -2.15. The Labute approximate surface area is 307 Å². The third-order valence-electron chi connectivity index (χ3n) is 10.0. The van der Waals surface area contributed by atoms with Gasteiger partial charge in [-0.15, -0.1) is 0 Å². The molecule has 10 aromatic rings. The van der Waals surface area contributed by atoms with Gasteiger partial charge in [0.25, 0.3) is 0 Å². The summed E-state index contributed by atoms with van der Waals surface area (Å²) < 4.78 is 6.72. The normalized spacial score (nSPS) is 11.4. The molecule has 8 aromatic carbocycles. The summed E-state index contributed by atoms with van der Waals surface area (Å²) in [7, 11) is 0. The number of benzene rings is 8. The van der Waals surface area contributed by atoms with Gasteiger partial charge in [-0.1, -0.05) is 146 Å². The molecule has 3 nitrogen and oxygen atoms in total. The third kappa shape index (κ3) is 5.75. The molecule has 0 fully saturated rings.